The Morgan fingerprint density at radius 2 is 1.92 bits per heavy atom. The molecule has 0 unspecified atom stereocenters. The van der Waals surface area contributed by atoms with Crippen LogP contribution in [0.25, 0.3) is 0 Å². The maximum absolute atomic E-state index is 13.6. The number of fused-ring (bicyclic) bond motifs is 2. The molecule has 0 aromatic heterocycles. The zero-order valence-electron chi connectivity index (χ0n) is 15.2. The second-order valence-electron chi connectivity index (χ2n) is 8.01. The molecule has 25 heavy (non-hydrogen) atoms. The molecule has 4 rings (SSSR count). The van der Waals surface area contributed by atoms with Gasteiger partial charge in [-0.1, -0.05) is 43.5 Å². The first-order valence-electron chi connectivity index (χ1n) is 10.0. The van der Waals surface area contributed by atoms with Gasteiger partial charge in [0.1, 0.15) is 0 Å². The SMILES string of the molecule is C=CC[C@H]1N(C(=O)C2CCCCC2)c2ccccc2C12CCNCC2. The van der Waals surface area contributed by atoms with Crippen molar-refractivity contribution in [2.75, 3.05) is 18.0 Å². The second-order valence-corrected chi connectivity index (χ2v) is 8.01. The number of carbonyl (C=O) groups excluding carboxylic acids is 1. The van der Waals surface area contributed by atoms with Crippen molar-refractivity contribution in [3.63, 3.8) is 0 Å². The van der Waals surface area contributed by atoms with E-state index < -0.39 is 0 Å². The molecule has 0 radical (unpaired) electrons. The lowest BCUT2D eigenvalue weighted by molar-refractivity contribution is -0.124. The van der Waals surface area contributed by atoms with Gasteiger partial charge >= 0.3 is 0 Å². The number of carbonyl (C=O) groups is 1. The minimum atomic E-state index is 0.0976. The first-order valence-corrected chi connectivity index (χ1v) is 10.0. The Morgan fingerprint density at radius 1 is 1.20 bits per heavy atom. The summed E-state index contributed by atoms with van der Waals surface area (Å²) in [6, 6.07) is 8.90. The lowest BCUT2D eigenvalue weighted by atomic mass is 9.69. The highest BCUT2D eigenvalue weighted by molar-refractivity contribution is 5.98. The first kappa shape index (κ1) is 16.8. The Balaban J connectivity index is 1.76. The zero-order valence-corrected chi connectivity index (χ0v) is 15.2. The lowest BCUT2D eigenvalue weighted by Gasteiger charge is -2.42. The van der Waals surface area contributed by atoms with Crippen molar-refractivity contribution in [1.82, 2.24) is 5.32 Å². The van der Waals surface area contributed by atoms with Crippen molar-refractivity contribution >= 4 is 11.6 Å². The highest BCUT2D eigenvalue weighted by Gasteiger charge is 2.52. The average molecular weight is 338 g/mol. The van der Waals surface area contributed by atoms with Crippen molar-refractivity contribution in [1.29, 1.82) is 0 Å². The van der Waals surface area contributed by atoms with Gasteiger partial charge in [0, 0.05) is 17.0 Å². The van der Waals surface area contributed by atoms with Crippen LogP contribution >= 0.6 is 0 Å². The molecule has 1 N–H and O–H groups in total. The number of para-hydroxylation sites is 1. The Hall–Kier alpha value is -1.61. The van der Waals surface area contributed by atoms with Gasteiger partial charge < -0.3 is 10.2 Å². The van der Waals surface area contributed by atoms with Gasteiger partial charge in [-0.05, 0) is 56.8 Å². The summed E-state index contributed by atoms with van der Waals surface area (Å²) in [4.78, 5) is 15.7. The van der Waals surface area contributed by atoms with Crippen LogP contribution < -0.4 is 10.2 Å². The summed E-state index contributed by atoms with van der Waals surface area (Å²) in [5.74, 6) is 0.584. The minimum Gasteiger partial charge on any atom is -0.317 e. The normalized spacial score (nSPS) is 25.8. The van der Waals surface area contributed by atoms with Gasteiger partial charge in [-0.3, -0.25) is 4.79 Å². The fourth-order valence-electron chi connectivity index (χ4n) is 5.48. The largest absolute Gasteiger partial charge is 0.317 e. The van der Waals surface area contributed by atoms with Crippen LogP contribution in [0.1, 0.15) is 56.9 Å². The van der Waals surface area contributed by atoms with Crippen LogP contribution in [0.5, 0.6) is 0 Å². The Labute approximate surface area is 151 Å². The summed E-state index contributed by atoms with van der Waals surface area (Å²) in [7, 11) is 0. The van der Waals surface area contributed by atoms with Crippen molar-refractivity contribution in [2.24, 2.45) is 5.92 Å². The predicted molar refractivity (Wildman–Crippen MR) is 103 cm³/mol. The monoisotopic (exact) mass is 338 g/mol. The van der Waals surface area contributed by atoms with E-state index in [4.69, 9.17) is 0 Å². The average Bonchev–Trinajstić information content (AvgIpc) is 2.93. The number of nitrogens with zero attached hydrogens (tertiary/aromatic N) is 1. The molecule has 2 fully saturated rings. The van der Waals surface area contributed by atoms with Crippen molar-refractivity contribution < 1.29 is 4.79 Å². The molecule has 3 heteroatoms. The summed E-state index contributed by atoms with van der Waals surface area (Å²) in [5.41, 5.74) is 2.67. The molecule has 2 aliphatic heterocycles. The van der Waals surface area contributed by atoms with E-state index in [-0.39, 0.29) is 17.4 Å². The molecule has 0 bridgehead atoms. The van der Waals surface area contributed by atoms with E-state index in [9.17, 15) is 4.79 Å². The Kier molecular flexibility index (Phi) is 4.68. The smallest absolute Gasteiger partial charge is 0.230 e. The molecule has 1 saturated heterocycles. The number of amides is 1. The molecular formula is C22H30N2O. The van der Waals surface area contributed by atoms with Crippen molar-refractivity contribution in [3.8, 4) is 0 Å². The summed E-state index contributed by atoms with van der Waals surface area (Å²) < 4.78 is 0. The fraction of sp³-hybridized carbons (Fsp3) is 0.591. The number of nitrogens with one attached hydrogen (secondary N) is 1. The van der Waals surface area contributed by atoms with Crippen LogP contribution in [-0.2, 0) is 10.2 Å². The maximum Gasteiger partial charge on any atom is 0.230 e. The van der Waals surface area contributed by atoms with Crippen LogP contribution in [0.3, 0.4) is 0 Å². The van der Waals surface area contributed by atoms with Gasteiger partial charge in [0.2, 0.25) is 5.91 Å². The van der Waals surface area contributed by atoms with Gasteiger partial charge in [-0.15, -0.1) is 6.58 Å². The van der Waals surface area contributed by atoms with Gasteiger partial charge in [0.25, 0.3) is 0 Å². The van der Waals surface area contributed by atoms with Crippen LogP contribution in [0.4, 0.5) is 5.69 Å². The van der Waals surface area contributed by atoms with E-state index in [1.165, 1.54) is 30.5 Å². The van der Waals surface area contributed by atoms with E-state index in [1.807, 2.05) is 6.08 Å². The maximum atomic E-state index is 13.6. The number of hydrogen-bond acceptors (Lipinski definition) is 2. The molecule has 1 atom stereocenters. The summed E-state index contributed by atoms with van der Waals surface area (Å²) in [6.07, 6.45) is 10.9. The van der Waals surface area contributed by atoms with Crippen molar-refractivity contribution in [3.05, 3.63) is 42.5 Å². The third-order valence-electron chi connectivity index (χ3n) is 6.73. The molecule has 1 aromatic rings. The van der Waals surface area contributed by atoms with E-state index in [0.717, 1.165) is 45.2 Å². The predicted octanol–water partition coefficient (Wildman–Crippen LogP) is 4.18. The minimum absolute atomic E-state index is 0.0976. The fourth-order valence-corrected chi connectivity index (χ4v) is 5.48. The number of rotatable bonds is 3. The number of anilines is 1. The van der Waals surface area contributed by atoms with Crippen LogP contribution in [0.15, 0.2) is 36.9 Å². The molecule has 1 aliphatic carbocycles. The van der Waals surface area contributed by atoms with Crippen LogP contribution in [0.2, 0.25) is 0 Å². The highest BCUT2D eigenvalue weighted by Crippen LogP contribution is 2.52. The molecule has 3 nitrogen and oxygen atoms in total. The third-order valence-corrected chi connectivity index (χ3v) is 6.73. The standard InChI is InChI=1S/C22H30N2O/c1-2-8-20-22(13-15-23-16-14-22)18-11-6-7-12-19(18)24(20)21(25)17-9-4-3-5-10-17/h2,6-7,11-12,17,20,23H,1,3-5,8-10,13-16H2/t20-/m1/s1. The molecule has 2 heterocycles. The van der Waals surface area contributed by atoms with E-state index in [0.29, 0.717) is 5.91 Å². The Morgan fingerprint density at radius 3 is 2.64 bits per heavy atom. The van der Waals surface area contributed by atoms with Gasteiger partial charge in [0.05, 0.1) is 6.04 Å². The Bertz CT molecular complexity index is 641. The molecule has 1 aromatic carbocycles. The number of hydrogen-bond donors (Lipinski definition) is 1. The molecule has 3 aliphatic rings. The topological polar surface area (TPSA) is 32.3 Å². The highest BCUT2D eigenvalue weighted by atomic mass is 16.2. The quantitative estimate of drug-likeness (QED) is 0.839. The van der Waals surface area contributed by atoms with E-state index >= 15 is 0 Å². The van der Waals surface area contributed by atoms with Crippen LogP contribution in [-0.4, -0.2) is 25.0 Å². The summed E-state index contributed by atoms with van der Waals surface area (Å²) >= 11 is 0. The van der Waals surface area contributed by atoms with Gasteiger partial charge in [-0.2, -0.15) is 0 Å². The van der Waals surface area contributed by atoms with Crippen LogP contribution in [0, 0.1) is 5.92 Å². The molecule has 1 spiro atoms. The molecule has 134 valence electrons. The molecular weight excluding hydrogens is 308 g/mol. The van der Waals surface area contributed by atoms with E-state index in [2.05, 4.69) is 41.1 Å². The number of piperidine rings is 1. The van der Waals surface area contributed by atoms with Gasteiger partial charge in [0.15, 0.2) is 0 Å². The summed E-state index contributed by atoms with van der Waals surface area (Å²) in [5, 5.41) is 3.51. The lowest BCUT2D eigenvalue weighted by Crippen LogP contribution is -2.53. The first-order chi connectivity index (χ1) is 12.3. The third kappa shape index (κ3) is 2.73. The van der Waals surface area contributed by atoms with Gasteiger partial charge in [-0.25, -0.2) is 0 Å². The summed E-state index contributed by atoms with van der Waals surface area (Å²) in [6.45, 7) is 6.09. The van der Waals surface area contributed by atoms with Crippen molar-refractivity contribution in [2.45, 2.75) is 62.8 Å². The zero-order chi connectivity index (χ0) is 17.3. The molecule has 1 amide bonds. The second kappa shape index (κ2) is 6.95. The number of benzene rings is 1. The molecule has 1 saturated carbocycles. The van der Waals surface area contributed by atoms with E-state index in [1.54, 1.807) is 0 Å².